The van der Waals surface area contributed by atoms with E-state index in [4.69, 9.17) is 0 Å². The van der Waals surface area contributed by atoms with Crippen molar-refractivity contribution in [3.8, 4) is 0 Å². The van der Waals surface area contributed by atoms with Crippen molar-refractivity contribution in [1.82, 2.24) is 10.6 Å². The predicted octanol–water partition coefficient (Wildman–Crippen LogP) is 1.23. The molecular weight excluding hydrogens is 256 g/mol. The van der Waals surface area contributed by atoms with Crippen LogP contribution in [0.3, 0.4) is 0 Å². The van der Waals surface area contributed by atoms with Crippen LogP contribution >= 0.6 is 0 Å². The van der Waals surface area contributed by atoms with Gasteiger partial charge in [-0.15, -0.1) is 0 Å². The Labute approximate surface area is 118 Å². The Morgan fingerprint density at radius 3 is 2.65 bits per heavy atom. The lowest BCUT2D eigenvalue weighted by atomic mass is 10.0. The average Bonchev–Trinajstić information content (AvgIpc) is 2.53. The summed E-state index contributed by atoms with van der Waals surface area (Å²) in [7, 11) is 1.35. The molecule has 0 spiro atoms. The SMILES string of the molecule is COC(=O)c1ccc(CNC(=O)C2CCCCN2)cc1. The number of hydrogen-bond donors (Lipinski definition) is 2. The zero-order valence-electron chi connectivity index (χ0n) is 11.6. The molecule has 2 rings (SSSR count). The second-order valence-corrected chi connectivity index (χ2v) is 4.91. The fraction of sp³-hybridized carbons (Fsp3) is 0.467. The Bertz CT molecular complexity index is 465. The first-order valence-electron chi connectivity index (χ1n) is 6.89. The topological polar surface area (TPSA) is 67.4 Å². The number of piperidine rings is 1. The van der Waals surface area contributed by atoms with Crippen LogP contribution in [0.2, 0.25) is 0 Å². The molecule has 1 atom stereocenters. The fourth-order valence-electron chi connectivity index (χ4n) is 2.26. The lowest BCUT2D eigenvalue weighted by Gasteiger charge is -2.22. The molecule has 1 saturated heterocycles. The van der Waals surface area contributed by atoms with Crippen LogP contribution in [0.5, 0.6) is 0 Å². The van der Waals surface area contributed by atoms with Gasteiger partial charge in [-0.2, -0.15) is 0 Å². The normalized spacial score (nSPS) is 18.4. The molecule has 0 aromatic heterocycles. The van der Waals surface area contributed by atoms with E-state index in [0.29, 0.717) is 12.1 Å². The van der Waals surface area contributed by atoms with Crippen molar-refractivity contribution < 1.29 is 14.3 Å². The maximum absolute atomic E-state index is 11.9. The Morgan fingerprint density at radius 2 is 2.05 bits per heavy atom. The van der Waals surface area contributed by atoms with Gasteiger partial charge in [0.25, 0.3) is 0 Å². The summed E-state index contributed by atoms with van der Waals surface area (Å²) < 4.78 is 4.64. The molecule has 5 heteroatoms. The average molecular weight is 276 g/mol. The molecule has 0 bridgehead atoms. The molecule has 1 unspecified atom stereocenters. The van der Waals surface area contributed by atoms with E-state index in [1.807, 2.05) is 12.1 Å². The molecule has 1 heterocycles. The molecule has 5 nitrogen and oxygen atoms in total. The number of benzene rings is 1. The number of carbonyl (C=O) groups excluding carboxylic acids is 2. The summed E-state index contributed by atoms with van der Waals surface area (Å²) in [5.74, 6) is -0.311. The van der Waals surface area contributed by atoms with Gasteiger partial charge in [0, 0.05) is 6.54 Å². The van der Waals surface area contributed by atoms with Gasteiger partial charge in [-0.05, 0) is 37.1 Å². The monoisotopic (exact) mass is 276 g/mol. The van der Waals surface area contributed by atoms with Crippen LogP contribution in [0.4, 0.5) is 0 Å². The highest BCUT2D eigenvalue weighted by Gasteiger charge is 2.19. The van der Waals surface area contributed by atoms with Crippen LogP contribution in [-0.2, 0) is 16.1 Å². The van der Waals surface area contributed by atoms with E-state index in [1.165, 1.54) is 7.11 Å². The zero-order chi connectivity index (χ0) is 14.4. The lowest BCUT2D eigenvalue weighted by molar-refractivity contribution is -0.123. The summed E-state index contributed by atoms with van der Waals surface area (Å²) in [6.45, 7) is 1.38. The summed E-state index contributed by atoms with van der Waals surface area (Å²) in [6, 6.07) is 6.97. The van der Waals surface area contributed by atoms with Crippen LogP contribution in [0.1, 0.15) is 35.2 Å². The van der Waals surface area contributed by atoms with Crippen LogP contribution in [0.15, 0.2) is 24.3 Å². The highest BCUT2D eigenvalue weighted by molar-refractivity contribution is 5.89. The van der Waals surface area contributed by atoms with Crippen molar-refractivity contribution in [3.05, 3.63) is 35.4 Å². The van der Waals surface area contributed by atoms with Crippen molar-refractivity contribution in [2.45, 2.75) is 31.8 Å². The molecule has 1 aliphatic rings. The number of amides is 1. The third kappa shape index (κ3) is 3.81. The smallest absolute Gasteiger partial charge is 0.337 e. The summed E-state index contributed by atoms with van der Waals surface area (Å²) in [5, 5.41) is 6.13. The molecule has 20 heavy (non-hydrogen) atoms. The van der Waals surface area contributed by atoms with Crippen LogP contribution < -0.4 is 10.6 Å². The molecule has 1 aromatic rings. The van der Waals surface area contributed by atoms with E-state index >= 15 is 0 Å². The number of esters is 1. The van der Waals surface area contributed by atoms with Gasteiger partial charge in [0.15, 0.2) is 0 Å². The van der Waals surface area contributed by atoms with Crippen LogP contribution in [0, 0.1) is 0 Å². The Balaban J connectivity index is 1.84. The van der Waals surface area contributed by atoms with Crippen molar-refractivity contribution in [3.63, 3.8) is 0 Å². The minimum atomic E-state index is -0.355. The minimum absolute atomic E-state index is 0.0433. The maximum Gasteiger partial charge on any atom is 0.337 e. The van der Waals surface area contributed by atoms with Crippen molar-refractivity contribution in [1.29, 1.82) is 0 Å². The second kappa shape index (κ2) is 7.05. The van der Waals surface area contributed by atoms with Crippen molar-refractivity contribution >= 4 is 11.9 Å². The van der Waals surface area contributed by atoms with Gasteiger partial charge in [-0.3, -0.25) is 4.79 Å². The van der Waals surface area contributed by atoms with Gasteiger partial charge in [0.1, 0.15) is 0 Å². The molecule has 1 fully saturated rings. The summed E-state index contributed by atoms with van der Waals surface area (Å²) in [6.07, 6.45) is 3.13. The Hall–Kier alpha value is -1.88. The van der Waals surface area contributed by atoms with E-state index in [9.17, 15) is 9.59 Å². The summed E-state index contributed by atoms with van der Waals surface area (Å²) in [4.78, 5) is 23.2. The zero-order valence-corrected chi connectivity index (χ0v) is 11.6. The molecule has 0 saturated carbocycles. The second-order valence-electron chi connectivity index (χ2n) is 4.91. The van der Waals surface area contributed by atoms with Gasteiger partial charge >= 0.3 is 5.97 Å². The lowest BCUT2D eigenvalue weighted by Crippen LogP contribution is -2.46. The van der Waals surface area contributed by atoms with Crippen molar-refractivity contribution in [2.24, 2.45) is 0 Å². The van der Waals surface area contributed by atoms with Gasteiger partial charge < -0.3 is 15.4 Å². The van der Waals surface area contributed by atoms with E-state index < -0.39 is 0 Å². The van der Waals surface area contributed by atoms with Gasteiger partial charge in [-0.1, -0.05) is 18.6 Å². The van der Waals surface area contributed by atoms with E-state index in [1.54, 1.807) is 12.1 Å². The van der Waals surface area contributed by atoms with Gasteiger partial charge in [0.05, 0.1) is 18.7 Å². The van der Waals surface area contributed by atoms with Crippen LogP contribution in [-0.4, -0.2) is 31.6 Å². The van der Waals surface area contributed by atoms with E-state index in [0.717, 1.165) is 31.4 Å². The first-order valence-corrected chi connectivity index (χ1v) is 6.89. The molecule has 0 radical (unpaired) electrons. The molecule has 108 valence electrons. The summed E-state index contributed by atoms with van der Waals surface area (Å²) in [5.41, 5.74) is 1.47. The number of ether oxygens (including phenoxy) is 1. The molecule has 0 aliphatic carbocycles. The minimum Gasteiger partial charge on any atom is -0.465 e. The predicted molar refractivity (Wildman–Crippen MR) is 75.3 cm³/mol. The highest BCUT2D eigenvalue weighted by atomic mass is 16.5. The Morgan fingerprint density at radius 1 is 1.30 bits per heavy atom. The number of carbonyl (C=O) groups is 2. The van der Waals surface area contributed by atoms with Crippen molar-refractivity contribution in [2.75, 3.05) is 13.7 Å². The fourth-order valence-corrected chi connectivity index (χ4v) is 2.26. The number of rotatable bonds is 4. The molecule has 2 N–H and O–H groups in total. The quantitative estimate of drug-likeness (QED) is 0.812. The number of hydrogen-bond acceptors (Lipinski definition) is 4. The van der Waals surface area contributed by atoms with E-state index in [-0.39, 0.29) is 17.9 Å². The summed E-state index contributed by atoms with van der Waals surface area (Å²) >= 11 is 0. The standard InChI is InChI=1S/C15H20N2O3/c1-20-15(19)12-7-5-11(6-8-12)10-17-14(18)13-4-2-3-9-16-13/h5-8,13,16H,2-4,9-10H2,1H3,(H,17,18). The maximum atomic E-state index is 11.9. The third-order valence-electron chi connectivity index (χ3n) is 3.47. The largest absolute Gasteiger partial charge is 0.465 e. The molecule has 1 aromatic carbocycles. The number of nitrogens with one attached hydrogen (secondary N) is 2. The first-order chi connectivity index (χ1) is 9.70. The molecular formula is C15H20N2O3. The van der Waals surface area contributed by atoms with E-state index in [2.05, 4.69) is 15.4 Å². The van der Waals surface area contributed by atoms with Gasteiger partial charge in [-0.25, -0.2) is 4.79 Å². The number of methoxy groups -OCH3 is 1. The van der Waals surface area contributed by atoms with Gasteiger partial charge in [0.2, 0.25) is 5.91 Å². The molecule has 1 amide bonds. The third-order valence-corrected chi connectivity index (χ3v) is 3.47. The highest BCUT2D eigenvalue weighted by Crippen LogP contribution is 2.08. The first kappa shape index (κ1) is 14.5. The molecule has 1 aliphatic heterocycles. The van der Waals surface area contributed by atoms with Crippen LogP contribution in [0.25, 0.3) is 0 Å². The Kier molecular flexibility index (Phi) is 5.12.